The number of nitrogens with two attached hydrogens (primary N) is 1. The number of benzene rings is 1. The summed E-state index contributed by atoms with van der Waals surface area (Å²) in [7, 11) is 0. The Balaban J connectivity index is 2.52. The number of hydrogen-bond acceptors (Lipinski definition) is 5. The lowest BCUT2D eigenvalue weighted by atomic mass is 9.92. The van der Waals surface area contributed by atoms with Gasteiger partial charge in [-0.1, -0.05) is 6.07 Å². The van der Waals surface area contributed by atoms with Crippen molar-refractivity contribution in [2.45, 2.75) is 26.8 Å². The molecule has 1 aromatic rings. The number of ketones is 1. The predicted molar refractivity (Wildman–Crippen MR) is 87.2 cm³/mol. The van der Waals surface area contributed by atoms with Crippen molar-refractivity contribution in [3.8, 4) is 11.5 Å². The predicted octanol–water partition coefficient (Wildman–Crippen LogP) is 1.76. The first-order valence-electron chi connectivity index (χ1n) is 6.89. The average Bonchev–Trinajstić information content (AvgIpc) is 2.46. The van der Waals surface area contributed by atoms with E-state index in [0.717, 1.165) is 5.56 Å². The van der Waals surface area contributed by atoms with Crippen molar-refractivity contribution in [1.29, 1.82) is 0 Å². The van der Waals surface area contributed by atoms with Crippen LogP contribution in [0.4, 0.5) is 0 Å². The monoisotopic (exact) mass is 321 g/mol. The van der Waals surface area contributed by atoms with Crippen LogP contribution < -0.4 is 15.9 Å². The summed E-state index contributed by atoms with van der Waals surface area (Å²) in [6.07, 6.45) is 0. The summed E-state index contributed by atoms with van der Waals surface area (Å²) in [5.41, 5.74) is 1.90. The molecule has 6 nitrogen and oxygen atoms in total. The Morgan fingerprint density at radius 3 is 2.82 bits per heavy atom. The largest absolute Gasteiger partial charge is 0.504 e. The second-order valence-electron chi connectivity index (χ2n) is 4.97. The first kappa shape index (κ1) is 16.3. The second-order valence-corrected chi connectivity index (χ2v) is 5.35. The van der Waals surface area contributed by atoms with E-state index in [2.05, 4.69) is 5.32 Å². The van der Waals surface area contributed by atoms with Gasteiger partial charge in [-0.25, -0.2) is 5.84 Å². The van der Waals surface area contributed by atoms with Gasteiger partial charge in [-0.05, 0) is 50.7 Å². The molecule has 0 fully saturated rings. The second kappa shape index (κ2) is 6.33. The van der Waals surface area contributed by atoms with Gasteiger partial charge in [-0.15, -0.1) is 0 Å². The molecule has 0 amide bonds. The molecule has 0 aliphatic carbocycles. The lowest BCUT2D eigenvalue weighted by molar-refractivity contribution is -0.114. The lowest BCUT2D eigenvalue weighted by Crippen LogP contribution is -2.50. The third kappa shape index (κ3) is 2.90. The zero-order valence-electron chi connectivity index (χ0n) is 12.7. The molecule has 0 aromatic heterocycles. The van der Waals surface area contributed by atoms with Crippen LogP contribution in [0.5, 0.6) is 11.5 Å². The SMILES string of the molecule is CCOc1cc([C@@H]2NC(=S)N(N)C(C)=C2C(C)=O)ccc1O. The molecule has 4 N–H and O–H groups in total. The number of ether oxygens (including phenoxy) is 1. The third-order valence-electron chi connectivity index (χ3n) is 3.52. The molecular formula is C15H19N3O3S. The van der Waals surface area contributed by atoms with Gasteiger partial charge in [0.2, 0.25) is 0 Å². The molecule has 1 aliphatic heterocycles. The van der Waals surface area contributed by atoms with Gasteiger partial charge in [0, 0.05) is 11.3 Å². The number of rotatable bonds is 4. The fourth-order valence-electron chi connectivity index (χ4n) is 2.45. The Morgan fingerprint density at radius 1 is 1.55 bits per heavy atom. The summed E-state index contributed by atoms with van der Waals surface area (Å²) >= 11 is 5.20. The van der Waals surface area contributed by atoms with Crippen LogP contribution in [0.25, 0.3) is 0 Å². The van der Waals surface area contributed by atoms with Crippen LogP contribution in [0.2, 0.25) is 0 Å². The Morgan fingerprint density at radius 2 is 2.23 bits per heavy atom. The van der Waals surface area contributed by atoms with E-state index in [0.29, 0.717) is 28.7 Å². The normalized spacial score (nSPS) is 18.3. The molecule has 0 saturated heterocycles. The zero-order valence-corrected chi connectivity index (χ0v) is 13.5. The molecule has 0 spiro atoms. The fourth-order valence-corrected chi connectivity index (χ4v) is 2.70. The maximum absolute atomic E-state index is 12.0. The molecule has 7 heteroatoms. The maximum Gasteiger partial charge on any atom is 0.188 e. The minimum absolute atomic E-state index is 0.0505. The summed E-state index contributed by atoms with van der Waals surface area (Å²) in [4.78, 5) is 12.0. The van der Waals surface area contributed by atoms with Gasteiger partial charge in [0.05, 0.1) is 12.6 Å². The van der Waals surface area contributed by atoms with Crippen molar-refractivity contribution in [1.82, 2.24) is 10.3 Å². The number of nitrogens with one attached hydrogen (secondary N) is 1. The van der Waals surface area contributed by atoms with Crippen molar-refractivity contribution >= 4 is 23.1 Å². The van der Waals surface area contributed by atoms with Crippen molar-refractivity contribution in [3.63, 3.8) is 0 Å². The van der Waals surface area contributed by atoms with Gasteiger partial charge >= 0.3 is 0 Å². The van der Waals surface area contributed by atoms with E-state index < -0.39 is 6.04 Å². The number of carbonyl (C=O) groups excluding carboxylic acids is 1. The fraction of sp³-hybridized carbons (Fsp3) is 0.333. The maximum atomic E-state index is 12.0. The highest BCUT2D eigenvalue weighted by Gasteiger charge is 2.31. The van der Waals surface area contributed by atoms with Crippen LogP contribution in [0.15, 0.2) is 29.5 Å². The van der Waals surface area contributed by atoms with E-state index in [9.17, 15) is 9.90 Å². The number of hydrogen-bond donors (Lipinski definition) is 3. The van der Waals surface area contributed by atoms with Crippen LogP contribution in [0.1, 0.15) is 32.4 Å². The smallest absolute Gasteiger partial charge is 0.188 e. The quantitative estimate of drug-likeness (QED) is 0.575. The number of Topliss-reactive ketones (excluding diaryl/α,β-unsaturated/α-hetero) is 1. The average molecular weight is 321 g/mol. The third-order valence-corrected chi connectivity index (χ3v) is 3.84. The highest BCUT2D eigenvalue weighted by molar-refractivity contribution is 7.80. The summed E-state index contributed by atoms with van der Waals surface area (Å²) in [5, 5.41) is 14.5. The molecule has 1 atom stereocenters. The van der Waals surface area contributed by atoms with Gasteiger partial charge in [-0.3, -0.25) is 9.80 Å². The first-order chi connectivity index (χ1) is 10.4. The van der Waals surface area contributed by atoms with E-state index in [-0.39, 0.29) is 11.5 Å². The van der Waals surface area contributed by atoms with Gasteiger partial charge in [0.15, 0.2) is 22.4 Å². The molecule has 1 aromatic carbocycles. The van der Waals surface area contributed by atoms with Gasteiger partial charge in [0.25, 0.3) is 0 Å². The molecule has 22 heavy (non-hydrogen) atoms. The molecule has 0 bridgehead atoms. The first-order valence-corrected chi connectivity index (χ1v) is 7.30. The molecule has 0 radical (unpaired) electrons. The van der Waals surface area contributed by atoms with Crippen LogP contribution in [0, 0.1) is 0 Å². The number of carbonyl (C=O) groups is 1. The highest BCUT2D eigenvalue weighted by Crippen LogP contribution is 2.34. The van der Waals surface area contributed by atoms with Gasteiger partial charge in [-0.2, -0.15) is 0 Å². The number of aromatic hydroxyl groups is 1. The minimum atomic E-state index is -0.426. The van der Waals surface area contributed by atoms with E-state index >= 15 is 0 Å². The number of phenols is 1. The van der Waals surface area contributed by atoms with E-state index in [1.807, 2.05) is 6.92 Å². The highest BCUT2D eigenvalue weighted by atomic mass is 32.1. The Bertz CT molecular complexity index is 657. The van der Waals surface area contributed by atoms with Crippen molar-refractivity contribution in [2.75, 3.05) is 6.61 Å². The van der Waals surface area contributed by atoms with Gasteiger partial charge in [0.1, 0.15) is 0 Å². The molecule has 1 aliphatic rings. The van der Waals surface area contributed by atoms with Crippen molar-refractivity contribution < 1.29 is 14.6 Å². The van der Waals surface area contributed by atoms with E-state index in [1.165, 1.54) is 18.0 Å². The van der Waals surface area contributed by atoms with Crippen LogP contribution in [0.3, 0.4) is 0 Å². The van der Waals surface area contributed by atoms with Crippen molar-refractivity contribution in [3.05, 3.63) is 35.0 Å². The number of phenolic OH excluding ortho intramolecular Hbond substituents is 1. The number of allylic oxidation sites excluding steroid dienone is 1. The summed E-state index contributed by atoms with van der Waals surface area (Å²) in [5.74, 6) is 6.16. The van der Waals surface area contributed by atoms with E-state index in [4.69, 9.17) is 22.8 Å². The summed E-state index contributed by atoms with van der Waals surface area (Å²) in [6.45, 7) is 5.50. The molecule has 118 valence electrons. The van der Waals surface area contributed by atoms with Crippen LogP contribution in [-0.4, -0.2) is 27.6 Å². The Kier molecular flexibility index (Phi) is 4.68. The molecule has 0 saturated carbocycles. The zero-order chi connectivity index (χ0) is 16.4. The Labute approximate surface area is 134 Å². The molecule has 2 rings (SSSR count). The van der Waals surface area contributed by atoms with E-state index in [1.54, 1.807) is 19.1 Å². The van der Waals surface area contributed by atoms with Crippen LogP contribution in [-0.2, 0) is 4.79 Å². The lowest BCUT2D eigenvalue weighted by Gasteiger charge is -2.35. The Hall–Kier alpha value is -2.12. The minimum Gasteiger partial charge on any atom is -0.504 e. The summed E-state index contributed by atoms with van der Waals surface area (Å²) in [6, 6.07) is 4.53. The standard InChI is InChI=1S/C15H19N3O3S/c1-4-21-12-7-10(5-6-11(12)20)14-13(9(3)19)8(2)18(16)15(22)17-14/h5-7,14,20H,4,16H2,1-3H3,(H,17,22)/t14-/m0/s1. The molecular weight excluding hydrogens is 302 g/mol. The van der Waals surface area contributed by atoms with Crippen LogP contribution >= 0.6 is 12.2 Å². The topological polar surface area (TPSA) is 87.8 Å². The number of hydrazine groups is 1. The summed E-state index contributed by atoms with van der Waals surface area (Å²) < 4.78 is 5.39. The molecule has 0 unspecified atom stereocenters. The van der Waals surface area contributed by atoms with Crippen molar-refractivity contribution in [2.24, 2.45) is 5.84 Å². The number of thiocarbonyl (C=S) groups is 1. The molecule has 1 heterocycles. The number of nitrogens with zero attached hydrogens (tertiary/aromatic N) is 1. The van der Waals surface area contributed by atoms with Gasteiger partial charge < -0.3 is 15.2 Å².